The molecule has 0 saturated heterocycles. The molecule has 0 atom stereocenters. The first kappa shape index (κ1) is 22.3. The van der Waals surface area contributed by atoms with Gasteiger partial charge in [-0.05, 0) is 40.3 Å². The van der Waals surface area contributed by atoms with E-state index in [0.29, 0.717) is 17.1 Å². The Hall–Kier alpha value is -3.92. The van der Waals surface area contributed by atoms with Gasteiger partial charge in [-0.25, -0.2) is 4.98 Å². The Morgan fingerprint density at radius 1 is 0.788 bits per heavy atom. The van der Waals surface area contributed by atoms with Crippen LogP contribution in [0.5, 0.6) is 5.88 Å². The maximum atomic E-state index is 12.6. The van der Waals surface area contributed by atoms with Crippen molar-refractivity contribution >= 4 is 11.6 Å². The van der Waals surface area contributed by atoms with Gasteiger partial charge in [0.2, 0.25) is 5.88 Å². The monoisotopic (exact) mass is 436 g/mol. The first-order valence-electron chi connectivity index (χ1n) is 11.0. The van der Waals surface area contributed by atoms with E-state index in [1.165, 1.54) is 5.56 Å². The number of hydrogen-bond acceptors (Lipinski definition) is 3. The van der Waals surface area contributed by atoms with Crippen LogP contribution >= 0.6 is 0 Å². The van der Waals surface area contributed by atoms with Crippen molar-refractivity contribution in [2.24, 2.45) is 0 Å². The second-order valence-electron chi connectivity index (χ2n) is 8.99. The molecular formula is C29H28N2O2. The normalized spacial score (nSPS) is 11.3. The van der Waals surface area contributed by atoms with E-state index in [-0.39, 0.29) is 17.4 Å². The van der Waals surface area contributed by atoms with Crippen molar-refractivity contribution in [1.29, 1.82) is 0 Å². The summed E-state index contributed by atoms with van der Waals surface area (Å²) in [6, 6.07) is 31.4. The number of carbonyl (C=O) groups is 1. The van der Waals surface area contributed by atoms with Crippen molar-refractivity contribution in [2.45, 2.75) is 32.3 Å². The quantitative estimate of drug-likeness (QED) is 0.362. The van der Waals surface area contributed by atoms with Gasteiger partial charge in [0.25, 0.3) is 5.91 Å². The number of nitrogens with one attached hydrogen (secondary N) is 1. The number of benzene rings is 3. The van der Waals surface area contributed by atoms with E-state index in [2.05, 4.69) is 31.1 Å². The lowest BCUT2D eigenvalue weighted by Gasteiger charge is -2.20. The van der Waals surface area contributed by atoms with Crippen LogP contribution in [-0.4, -0.2) is 10.9 Å². The number of anilines is 1. The summed E-state index contributed by atoms with van der Waals surface area (Å²) >= 11 is 0. The highest BCUT2D eigenvalue weighted by atomic mass is 16.5. The van der Waals surface area contributed by atoms with E-state index in [0.717, 1.165) is 11.1 Å². The molecule has 4 rings (SSSR count). The minimum absolute atomic E-state index is 0.0477. The van der Waals surface area contributed by atoms with Crippen LogP contribution in [0.15, 0.2) is 103 Å². The molecule has 33 heavy (non-hydrogen) atoms. The molecule has 0 radical (unpaired) electrons. The van der Waals surface area contributed by atoms with Crippen LogP contribution in [0.4, 0.5) is 5.69 Å². The Balaban J connectivity index is 1.46. The predicted molar refractivity (Wildman–Crippen MR) is 133 cm³/mol. The van der Waals surface area contributed by atoms with Gasteiger partial charge in [0, 0.05) is 11.6 Å². The number of amides is 1. The highest BCUT2D eigenvalue weighted by Gasteiger charge is 2.17. The van der Waals surface area contributed by atoms with Gasteiger partial charge >= 0.3 is 0 Å². The molecule has 0 spiro atoms. The number of hydrogen-bond donors (Lipinski definition) is 1. The Bertz CT molecular complexity index is 1140. The molecule has 1 heterocycles. The fraction of sp³-hybridized carbons (Fsp3) is 0.172. The molecular weight excluding hydrogens is 408 g/mol. The lowest BCUT2D eigenvalue weighted by atomic mass is 9.87. The third-order valence-electron chi connectivity index (χ3n) is 5.45. The fourth-order valence-electron chi connectivity index (χ4n) is 3.55. The minimum Gasteiger partial charge on any atom is -0.465 e. The van der Waals surface area contributed by atoms with E-state index in [1.807, 2.05) is 84.9 Å². The van der Waals surface area contributed by atoms with Gasteiger partial charge in [-0.3, -0.25) is 4.79 Å². The number of pyridine rings is 1. The molecule has 1 aromatic heterocycles. The lowest BCUT2D eigenvalue weighted by molar-refractivity contribution is 0.102. The third kappa shape index (κ3) is 5.66. The lowest BCUT2D eigenvalue weighted by Crippen LogP contribution is -2.14. The number of carbonyl (C=O) groups excluding carboxylic acids is 1. The number of rotatable bonds is 6. The summed E-state index contributed by atoms with van der Waals surface area (Å²) in [4.78, 5) is 17.1. The van der Waals surface area contributed by atoms with Gasteiger partial charge in [-0.1, -0.05) is 93.6 Å². The Morgan fingerprint density at radius 2 is 1.36 bits per heavy atom. The second kappa shape index (κ2) is 9.70. The van der Waals surface area contributed by atoms with E-state index < -0.39 is 0 Å². The molecule has 4 aromatic rings. The molecule has 0 aliphatic rings. The maximum absolute atomic E-state index is 12.6. The molecule has 0 aliphatic carbocycles. The summed E-state index contributed by atoms with van der Waals surface area (Å²) in [6.45, 7) is 6.45. The fourth-order valence-corrected chi connectivity index (χ4v) is 3.55. The predicted octanol–water partition coefficient (Wildman–Crippen LogP) is 6.80. The summed E-state index contributed by atoms with van der Waals surface area (Å²) in [5.41, 5.74) is 4.54. The summed E-state index contributed by atoms with van der Waals surface area (Å²) in [5.74, 6) is 0.317. The van der Waals surface area contributed by atoms with Crippen molar-refractivity contribution in [3.05, 3.63) is 126 Å². The van der Waals surface area contributed by atoms with Crippen molar-refractivity contribution in [3.63, 3.8) is 0 Å². The zero-order chi connectivity index (χ0) is 23.3. The first-order chi connectivity index (χ1) is 15.9. The number of ether oxygens (including phenoxy) is 1. The highest BCUT2D eigenvalue weighted by molar-refractivity contribution is 6.04. The molecule has 4 heteroatoms. The van der Waals surface area contributed by atoms with Crippen LogP contribution in [0.25, 0.3) is 0 Å². The molecule has 166 valence electrons. The number of aromatic nitrogens is 1. The van der Waals surface area contributed by atoms with Gasteiger partial charge in [0.15, 0.2) is 6.10 Å². The molecule has 0 aliphatic heterocycles. The van der Waals surface area contributed by atoms with Crippen molar-refractivity contribution in [3.8, 4) is 5.88 Å². The number of nitrogens with zero attached hydrogens (tertiary/aromatic N) is 1. The summed E-state index contributed by atoms with van der Waals surface area (Å²) in [6.07, 6.45) is 1.34. The Morgan fingerprint density at radius 3 is 1.85 bits per heavy atom. The first-order valence-corrected chi connectivity index (χ1v) is 11.0. The molecule has 0 bridgehead atoms. The molecule has 1 N–H and O–H groups in total. The van der Waals surface area contributed by atoms with Crippen LogP contribution in [0.2, 0.25) is 0 Å². The third-order valence-corrected chi connectivity index (χ3v) is 5.45. The minimum atomic E-state index is -0.276. The van der Waals surface area contributed by atoms with Crippen molar-refractivity contribution in [2.75, 3.05) is 5.32 Å². The highest BCUT2D eigenvalue weighted by Crippen LogP contribution is 2.28. The Kier molecular flexibility index (Phi) is 6.55. The average molecular weight is 437 g/mol. The van der Waals surface area contributed by atoms with E-state index in [9.17, 15) is 4.79 Å². The molecule has 3 aromatic carbocycles. The summed E-state index contributed by atoms with van der Waals surface area (Å²) < 4.78 is 6.25. The molecule has 0 saturated carbocycles. The smallest absolute Gasteiger partial charge is 0.255 e. The van der Waals surface area contributed by atoms with Gasteiger partial charge in [-0.2, -0.15) is 0 Å². The molecule has 4 nitrogen and oxygen atoms in total. The second-order valence-corrected chi connectivity index (χ2v) is 8.99. The van der Waals surface area contributed by atoms with E-state index in [1.54, 1.807) is 18.3 Å². The largest absolute Gasteiger partial charge is 0.465 e. The van der Waals surface area contributed by atoms with Crippen molar-refractivity contribution in [1.82, 2.24) is 4.98 Å². The summed E-state index contributed by atoms with van der Waals surface area (Å²) in [7, 11) is 0. The van der Waals surface area contributed by atoms with Gasteiger partial charge < -0.3 is 10.1 Å². The van der Waals surface area contributed by atoms with E-state index in [4.69, 9.17) is 4.74 Å². The SMILES string of the molecule is CC(C)(C)c1ccc(C(=O)Nc2ccc(OC(c3ccccc3)c3ccccc3)nc2)cc1. The van der Waals surface area contributed by atoms with Crippen LogP contribution in [0, 0.1) is 0 Å². The van der Waals surface area contributed by atoms with Gasteiger partial charge in [0.05, 0.1) is 11.9 Å². The molecule has 0 unspecified atom stereocenters. The molecule has 1 amide bonds. The van der Waals surface area contributed by atoms with Crippen LogP contribution in [0.1, 0.15) is 53.9 Å². The van der Waals surface area contributed by atoms with Crippen LogP contribution in [0.3, 0.4) is 0 Å². The van der Waals surface area contributed by atoms with Crippen LogP contribution in [-0.2, 0) is 5.41 Å². The van der Waals surface area contributed by atoms with Gasteiger partial charge in [0.1, 0.15) is 0 Å². The average Bonchev–Trinajstić information content (AvgIpc) is 2.84. The zero-order valence-electron chi connectivity index (χ0n) is 19.2. The topological polar surface area (TPSA) is 51.2 Å². The standard InChI is InChI=1S/C29H28N2O2/c1-29(2,3)24-16-14-23(15-17-24)28(32)31-25-18-19-26(30-20-25)33-27(21-10-6-4-7-11-21)22-12-8-5-9-13-22/h4-20,27H,1-3H3,(H,31,32). The van der Waals surface area contributed by atoms with Crippen LogP contribution < -0.4 is 10.1 Å². The Labute approximate surface area is 195 Å². The van der Waals surface area contributed by atoms with Crippen molar-refractivity contribution < 1.29 is 9.53 Å². The van der Waals surface area contributed by atoms with Gasteiger partial charge in [-0.15, -0.1) is 0 Å². The maximum Gasteiger partial charge on any atom is 0.255 e. The summed E-state index contributed by atoms with van der Waals surface area (Å²) in [5, 5.41) is 2.90. The van der Waals surface area contributed by atoms with E-state index >= 15 is 0 Å². The molecule has 0 fully saturated rings. The zero-order valence-corrected chi connectivity index (χ0v) is 19.2.